The molecule has 9 nitrogen and oxygen atoms in total. The zero-order valence-electron chi connectivity index (χ0n) is 19.9. The molecule has 1 aromatic rings. The Morgan fingerprint density at radius 2 is 1.47 bits per heavy atom. The van der Waals surface area contributed by atoms with Gasteiger partial charge in [-0.05, 0) is 38.8 Å². The Labute approximate surface area is 201 Å². The lowest BCUT2D eigenvalue weighted by Crippen LogP contribution is -2.14. The summed E-state index contributed by atoms with van der Waals surface area (Å²) in [4.78, 5) is 31.5. The second kappa shape index (κ2) is 19.2. The quantitative estimate of drug-likeness (QED) is 0.211. The van der Waals surface area contributed by atoms with Gasteiger partial charge in [0.1, 0.15) is 6.61 Å². The van der Waals surface area contributed by atoms with Crippen LogP contribution in [0.15, 0.2) is 66.6 Å². The molecule has 190 valence electrons. The monoisotopic (exact) mass is 498 g/mol. The van der Waals surface area contributed by atoms with Gasteiger partial charge in [-0.1, -0.05) is 37.4 Å². The fraction of sp³-hybridized carbons (Fsp3) is 0.375. The van der Waals surface area contributed by atoms with Crippen LogP contribution in [-0.2, 0) is 38.4 Å². The second-order valence-electron chi connectivity index (χ2n) is 6.58. The number of aliphatic hydroxyl groups is 1. The number of unbranched alkanes of at least 4 members (excludes halogenated alkanes) is 1. The van der Waals surface area contributed by atoms with E-state index in [0.29, 0.717) is 25.0 Å². The Bertz CT molecular complexity index is 901. The molecule has 0 saturated heterocycles. The topological polar surface area (TPSA) is 133 Å². The van der Waals surface area contributed by atoms with E-state index in [0.717, 1.165) is 17.7 Å². The highest BCUT2D eigenvalue weighted by molar-refractivity contribution is 7.91. The van der Waals surface area contributed by atoms with Gasteiger partial charge in [0.05, 0.1) is 24.4 Å². The normalized spacial score (nSPS) is 9.65. The number of hydrogen-bond donors (Lipinski definition) is 1. The van der Waals surface area contributed by atoms with Crippen molar-refractivity contribution in [2.45, 2.75) is 31.6 Å². The van der Waals surface area contributed by atoms with Crippen LogP contribution in [-0.4, -0.2) is 64.1 Å². The van der Waals surface area contributed by atoms with Crippen LogP contribution in [0.5, 0.6) is 0 Å². The summed E-state index contributed by atoms with van der Waals surface area (Å²) in [6.45, 7) is 13.6. The van der Waals surface area contributed by atoms with Crippen LogP contribution < -0.4 is 0 Å². The molecule has 0 spiro atoms. The molecule has 0 aliphatic carbocycles. The zero-order chi connectivity index (χ0) is 26.6. The SMILES string of the molecule is C=C(C)C(=O)OC.C=CC(=O)OCCCCO.C=CC(=O)OCCS(=O)(=O)c1ccc(C)cc1. The highest BCUT2D eigenvalue weighted by Gasteiger charge is 2.14. The molecule has 0 heterocycles. The number of hydrogen-bond acceptors (Lipinski definition) is 9. The fourth-order valence-electron chi connectivity index (χ4n) is 1.79. The molecule has 0 aliphatic rings. The molecule has 0 unspecified atom stereocenters. The number of rotatable bonds is 11. The standard InChI is InChI=1S/C12H14O4S.C7H12O3.C5H8O2/c1-3-12(13)16-8-9-17(14,15)11-6-4-10(2)5-7-11;1-2-7(9)10-6-4-3-5-8;1-4(2)5(6)7-3/h3-7H,1,8-9H2,2H3;2,8H,1,3-6H2;1H2,2-3H3. The van der Waals surface area contributed by atoms with Crippen molar-refractivity contribution in [2.75, 3.05) is 32.7 Å². The molecular formula is C24H34O9S. The van der Waals surface area contributed by atoms with Gasteiger partial charge >= 0.3 is 17.9 Å². The second-order valence-corrected chi connectivity index (χ2v) is 8.69. The lowest BCUT2D eigenvalue weighted by Gasteiger charge is -2.05. The smallest absolute Gasteiger partial charge is 0.332 e. The number of carbonyl (C=O) groups is 3. The largest absolute Gasteiger partial charge is 0.466 e. The van der Waals surface area contributed by atoms with Gasteiger partial charge in [0, 0.05) is 24.3 Å². The van der Waals surface area contributed by atoms with Gasteiger partial charge < -0.3 is 19.3 Å². The van der Waals surface area contributed by atoms with E-state index < -0.39 is 21.8 Å². The molecule has 0 aliphatic heterocycles. The summed E-state index contributed by atoms with van der Waals surface area (Å²) in [6.07, 6.45) is 3.50. The number of esters is 3. The molecule has 0 fully saturated rings. The number of aryl methyl sites for hydroxylation is 1. The average Bonchev–Trinajstić information content (AvgIpc) is 2.81. The third-order valence-electron chi connectivity index (χ3n) is 3.64. The number of benzene rings is 1. The molecule has 0 atom stereocenters. The van der Waals surface area contributed by atoms with Gasteiger partial charge in [0.25, 0.3) is 0 Å². The Balaban J connectivity index is 0. The van der Waals surface area contributed by atoms with Crippen LogP contribution in [0.3, 0.4) is 0 Å². The molecule has 0 saturated carbocycles. The lowest BCUT2D eigenvalue weighted by molar-refractivity contribution is -0.138. The van der Waals surface area contributed by atoms with E-state index >= 15 is 0 Å². The van der Waals surface area contributed by atoms with Crippen LogP contribution in [0, 0.1) is 6.92 Å². The van der Waals surface area contributed by atoms with Crippen LogP contribution in [0.4, 0.5) is 0 Å². The van der Waals surface area contributed by atoms with E-state index in [4.69, 9.17) is 5.11 Å². The van der Waals surface area contributed by atoms with Gasteiger partial charge in [-0.25, -0.2) is 22.8 Å². The maximum absolute atomic E-state index is 11.8. The predicted octanol–water partition coefficient (Wildman–Crippen LogP) is 2.72. The van der Waals surface area contributed by atoms with Crippen molar-refractivity contribution in [3.05, 3.63) is 67.3 Å². The number of aliphatic hydroxyl groups excluding tert-OH is 1. The van der Waals surface area contributed by atoms with E-state index in [1.807, 2.05) is 6.92 Å². The maximum Gasteiger partial charge on any atom is 0.332 e. The molecule has 0 aromatic heterocycles. The summed E-state index contributed by atoms with van der Waals surface area (Å²) in [5.41, 5.74) is 1.42. The number of ether oxygens (including phenoxy) is 3. The molecule has 0 bridgehead atoms. The van der Waals surface area contributed by atoms with Crippen molar-refractivity contribution in [1.82, 2.24) is 0 Å². The van der Waals surface area contributed by atoms with Gasteiger partial charge in [-0.2, -0.15) is 0 Å². The van der Waals surface area contributed by atoms with Crippen molar-refractivity contribution >= 4 is 27.7 Å². The third kappa shape index (κ3) is 17.3. The Morgan fingerprint density at radius 1 is 0.971 bits per heavy atom. The summed E-state index contributed by atoms with van der Waals surface area (Å²) in [5, 5.41) is 8.33. The van der Waals surface area contributed by atoms with Crippen molar-refractivity contribution in [3.8, 4) is 0 Å². The van der Waals surface area contributed by atoms with E-state index in [2.05, 4.69) is 33.9 Å². The molecule has 0 radical (unpaired) electrons. The van der Waals surface area contributed by atoms with E-state index in [1.165, 1.54) is 7.11 Å². The minimum absolute atomic E-state index is 0.144. The van der Waals surface area contributed by atoms with Crippen molar-refractivity contribution in [1.29, 1.82) is 0 Å². The van der Waals surface area contributed by atoms with Crippen LogP contribution in [0.25, 0.3) is 0 Å². The lowest BCUT2D eigenvalue weighted by atomic mass is 10.2. The van der Waals surface area contributed by atoms with E-state index in [1.54, 1.807) is 31.2 Å². The van der Waals surface area contributed by atoms with Gasteiger partial charge in [0.2, 0.25) is 0 Å². The third-order valence-corrected chi connectivity index (χ3v) is 5.33. The number of methoxy groups -OCH3 is 1. The number of sulfone groups is 1. The summed E-state index contributed by atoms with van der Waals surface area (Å²) in [5.74, 6) is -1.60. The maximum atomic E-state index is 11.8. The predicted molar refractivity (Wildman–Crippen MR) is 129 cm³/mol. The first-order valence-corrected chi connectivity index (χ1v) is 11.8. The van der Waals surface area contributed by atoms with Gasteiger partial charge in [-0.3, -0.25) is 0 Å². The molecule has 1 aromatic carbocycles. The van der Waals surface area contributed by atoms with Crippen LogP contribution in [0.2, 0.25) is 0 Å². The first-order valence-electron chi connectivity index (χ1n) is 10.2. The molecular weight excluding hydrogens is 464 g/mol. The number of carbonyl (C=O) groups excluding carboxylic acids is 3. The molecule has 1 rings (SSSR count). The van der Waals surface area contributed by atoms with Crippen LogP contribution >= 0.6 is 0 Å². The minimum atomic E-state index is -3.39. The summed E-state index contributed by atoms with van der Waals surface area (Å²) in [6, 6.07) is 6.53. The van der Waals surface area contributed by atoms with Gasteiger partial charge in [-0.15, -0.1) is 0 Å². The minimum Gasteiger partial charge on any atom is -0.466 e. The highest BCUT2D eigenvalue weighted by Crippen LogP contribution is 2.12. The molecule has 34 heavy (non-hydrogen) atoms. The summed E-state index contributed by atoms with van der Waals surface area (Å²) >= 11 is 0. The van der Waals surface area contributed by atoms with Gasteiger partial charge in [0.15, 0.2) is 9.84 Å². The van der Waals surface area contributed by atoms with E-state index in [9.17, 15) is 22.8 Å². The first kappa shape index (κ1) is 32.9. The Kier molecular flexibility index (Phi) is 18.6. The molecule has 10 heteroatoms. The fourth-order valence-corrected chi connectivity index (χ4v) is 2.88. The zero-order valence-corrected chi connectivity index (χ0v) is 20.8. The van der Waals surface area contributed by atoms with Crippen molar-refractivity contribution in [2.24, 2.45) is 0 Å². The highest BCUT2D eigenvalue weighted by atomic mass is 32.2. The molecule has 1 N–H and O–H groups in total. The Morgan fingerprint density at radius 3 is 1.85 bits per heavy atom. The average molecular weight is 499 g/mol. The van der Waals surface area contributed by atoms with Crippen LogP contribution in [0.1, 0.15) is 25.3 Å². The molecule has 0 amide bonds. The summed E-state index contributed by atoms with van der Waals surface area (Å²) < 4.78 is 37.1. The summed E-state index contributed by atoms with van der Waals surface area (Å²) in [7, 11) is -2.06. The van der Waals surface area contributed by atoms with Crippen molar-refractivity contribution < 1.29 is 42.1 Å². The van der Waals surface area contributed by atoms with Crippen molar-refractivity contribution in [3.63, 3.8) is 0 Å². The first-order chi connectivity index (χ1) is 15.9. The van der Waals surface area contributed by atoms with E-state index in [-0.39, 0.29) is 29.8 Å². The Hall–Kier alpha value is -3.24.